The zero-order chi connectivity index (χ0) is 13.7. The second-order valence-electron chi connectivity index (χ2n) is 4.98. The van der Waals surface area contributed by atoms with E-state index in [-0.39, 0.29) is 6.04 Å². The van der Waals surface area contributed by atoms with Crippen LogP contribution in [0.25, 0.3) is 0 Å². The Morgan fingerprint density at radius 2 is 1.79 bits per heavy atom. The van der Waals surface area contributed by atoms with Crippen LogP contribution in [0.15, 0.2) is 40.8 Å². The van der Waals surface area contributed by atoms with Crippen LogP contribution < -0.4 is 5.73 Å². The molecule has 0 spiro atoms. The molecule has 1 aromatic carbocycles. The maximum absolute atomic E-state index is 6.24. The van der Waals surface area contributed by atoms with Crippen LogP contribution in [0.3, 0.4) is 0 Å². The van der Waals surface area contributed by atoms with Crippen molar-refractivity contribution >= 4 is 0 Å². The minimum atomic E-state index is -0.166. The third-order valence-corrected chi connectivity index (χ3v) is 3.50. The van der Waals surface area contributed by atoms with Gasteiger partial charge in [-0.05, 0) is 36.1 Å². The summed E-state index contributed by atoms with van der Waals surface area (Å²) in [5, 5.41) is 0. The minimum absolute atomic E-state index is 0.166. The standard InChI is InChI=1S/C17H23NO/c1-3-5-6-13-7-9-14(10-8-13)17(18)16-12-11-15(4-2)19-16/h7-12,17H,3-6,18H2,1-2H3. The number of benzene rings is 1. The Hall–Kier alpha value is -1.54. The average molecular weight is 257 g/mol. The predicted molar refractivity (Wildman–Crippen MR) is 79.2 cm³/mol. The molecule has 0 amide bonds. The van der Waals surface area contributed by atoms with Gasteiger partial charge in [0.25, 0.3) is 0 Å². The van der Waals surface area contributed by atoms with Gasteiger partial charge in [-0.15, -0.1) is 0 Å². The summed E-state index contributed by atoms with van der Waals surface area (Å²) < 4.78 is 5.72. The van der Waals surface area contributed by atoms with E-state index in [4.69, 9.17) is 10.2 Å². The predicted octanol–water partition coefficient (Wildman–Crippen LogP) is 4.23. The molecule has 0 aliphatic rings. The summed E-state index contributed by atoms with van der Waals surface area (Å²) >= 11 is 0. The normalized spacial score (nSPS) is 12.6. The Kier molecular flexibility index (Phi) is 4.80. The summed E-state index contributed by atoms with van der Waals surface area (Å²) in [6, 6.07) is 12.4. The molecule has 102 valence electrons. The van der Waals surface area contributed by atoms with Crippen molar-refractivity contribution < 1.29 is 4.42 Å². The lowest BCUT2D eigenvalue weighted by atomic mass is 10.0. The van der Waals surface area contributed by atoms with Crippen LogP contribution in [0.1, 0.15) is 55.4 Å². The molecular weight excluding hydrogens is 234 g/mol. The molecule has 0 aliphatic carbocycles. The van der Waals surface area contributed by atoms with E-state index in [2.05, 4.69) is 38.1 Å². The summed E-state index contributed by atoms with van der Waals surface area (Å²) in [7, 11) is 0. The van der Waals surface area contributed by atoms with Gasteiger partial charge >= 0.3 is 0 Å². The molecule has 0 saturated heterocycles. The molecule has 0 saturated carbocycles. The number of hydrogen-bond acceptors (Lipinski definition) is 2. The van der Waals surface area contributed by atoms with Crippen molar-refractivity contribution in [3.8, 4) is 0 Å². The van der Waals surface area contributed by atoms with Crippen molar-refractivity contribution in [3.63, 3.8) is 0 Å². The third-order valence-electron chi connectivity index (χ3n) is 3.50. The molecule has 2 rings (SSSR count). The smallest absolute Gasteiger partial charge is 0.125 e. The lowest BCUT2D eigenvalue weighted by Crippen LogP contribution is -2.10. The molecule has 2 N–H and O–H groups in total. The number of hydrogen-bond donors (Lipinski definition) is 1. The van der Waals surface area contributed by atoms with Crippen molar-refractivity contribution in [2.45, 2.75) is 45.6 Å². The van der Waals surface area contributed by atoms with Gasteiger partial charge in [0, 0.05) is 6.42 Å². The van der Waals surface area contributed by atoms with Gasteiger partial charge in [0.2, 0.25) is 0 Å². The van der Waals surface area contributed by atoms with Crippen molar-refractivity contribution in [3.05, 3.63) is 59.0 Å². The van der Waals surface area contributed by atoms with Crippen molar-refractivity contribution in [1.29, 1.82) is 0 Å². The Morgan fingerprint density at radius 3 is 2.37 bits per heavy atom. The molecule has 0 bridgehead atoms. The van der Waals surface area contributed by atoms with Gasteiger partial charge in [0.15, 0.2) is 0 Å². The van der Waals surface area contributed by atoms with Crippen LogP contribution in [0.4, 0.5) is 0 Å². The fraction of sp³-hybridized carbons (Fsp3) is 0.412. The quantitative estimate of drug-likeness (QED) is 0.841. The van der Waals surface area contributed by atoms with Gasteiger partial charge in [-0.2, -0.15) is 0 Å². The van der Waals surface area contributed by atoms with Gasteiger partial charge in [-0.25, -0.2) is 0 Å². The first-order chi connectivity index (χ1) is 9.24. The van der Waals surface area contributed by atoms with Crippen molar-refractivity contribution in [2.24, 2.45) is 5.73 Å². The fourth-order valence-electron chi connectivity index (χ4n) is 2.19. The van der Waals surface area contributed by atoms with Crippen LogP contribution >= 0.6 is 0 Å². The highest BCUT2D eigenvalue weighted by molar-refractivity contribution is 5.30. The van der Waals surface area contributed by atoms with E-state index in [9.17, 15) is 0 Å². The number of rotatable bonds is 6. The first-order valence-electron chi connectivity index (χ1n) is 7.17. The van der Waals surface area contributed by atoms with E-state index in [1.807, 2.05) is 12.1 Å². The zero-order valence-corrected chi connectivity index (χ0v) is 11.9. The molecule has 1 unspecified atom stereocenters. The molecule has 1 aromatic heterocycles. The van der Waals surface area contributed by atoms with Gasteiger partial charge in [-0.1, -0.05) is 44.5 Å². The Labute approximate surface area is 115 Å². The summed E-state index contributed by atoms with van der Waals surface area (Å²) in [5.74, 6) is 1.84. The van der Waals surface area contributed by atoms with E-state index < -0.39 is 0 Å². The Balaban J connectivity index is 2.08. The molecule has 19 heavy (non-hydrogen) atoms. The third kappa shape index (κ3) is 3.48. The molecule has 1 heterocycles. The Morgan fingerprint density at radius 1 is 1.05 bits per heavy atom. The first-order valence-corrected chi connectivity index (χ1v) is 7.17. The van der Waals surface area contributed by atoms with Crippen LogP contribution in [0.5, 0.6) is 0 Å². The second-order valence-corrected chi connectivity index (χ2v) is 4.98. The van der Waals surface area contributed by atoms with E-state index in [0.717, 1.165) is 29.9 Å². The van der Waals surface area contributed by atoms with E-state index in [1.54, 1.807) is 0 Å². The molecule has 0 aliphatic heterocycles. The minimum Gasteiger partial charge on any atom is -0.464 e. The first kappa shape index (κ1) is 13.9. The molecule has 2 heteroatoms. The highest BCUT2D eigenvalue weighted by atomic mass is 16.3. The van der Waals surface area contributed by atoms with Crippen LogP contribution in [-0.4, -0.2) is 0 Å². The summed E-state index contributed by atoms with van der Waals surface area (Å²) in [5.41, 5.74) is 8.73. The summed E-state index contributed by atoms with van der Waals surface area (Å²) in [6.07, 6.45) is 4.52. The zero-order valence-electron chi connectivity index (χ0n) is 11.9. The van der Waals surface area contributed by atoms with Crippen molar-refractivity contribution in [1.82, 2.24) is 0 Å². The van der Waals surface area contributed by atoms with Crippen molar-refractivity contribution in [2.75, 3.05) is 0 Å². The van der Waals surface area contributed by atoms with Gasteiger partial charge < -0.3 is 10.2 Å². The second kappa shape index (κ2) is 6.58. The van der Waals surface area contributed by atoms with E-state index in [0.29, 0.717) is 0 Å². The van der Waals surface area contributed by atoms with Crippen LogP contribution in [0, 0.1) is 0 Å². The van der Waals surface area contributed by atoms with E-state index >= 15 is 0 Å². The van der Waals surface area contributed by atoms with Crippen LogP contribution in [0.2, 0.25) is 0 Å². The topological polar surface area (TPSA) is 39.2 Å². The number of furan rings is 1. The van der Waals surface area contributed by atoms with Gasteiger partial charge in [-0.3, -0.25) is 0 Å². The lowest BCUT2D eigenvalue weighted by Gasteiger charge is -2.10. The number of unbranched alkanes of at least 4 members (excludes halogenated alkanes) is 1. The highest BCUT2D eigenvalue weighted by Gasteiger charge is 2.12. The molecular formula is C17H23NO. The average Bonchev–Trinajstić information content (AvgIpc) is 2.94. The SMILES string of the molecule is CCCCc1ccc(C(N)c2ccc(CC)o2)cc1. The fourth-order valence-corrected chi connectivity index (χ4v) is 2.19. The van der Waals surface area contributed by atoms with E-state index in [1.165, 1.54) is 18.4 Å². The molecule has 2 aromatic rings. The summed E-state index contributed by atoms with van der Waals surface area (Å²) in [4.78, 5) is 0. The maximum Gasteiger partial charge on any atom is 0.125 e. The largest absolute Gasteiger partial charge is 0.464 e. The van der Waals surface area contributed by atoms with Crippen LogP contribution in [-0.2, 0) is 12.8 Å². The monoisotopic (exact) mass is 257 g/mol. The van der Waals surface area contributed by atoms with Gasteiger partial charge in [0.1, 0.15) is 11.5 Å². The maximum atomic E-state index is 6.24. The molecule has 0 radical (unpaired) electrons. The lowest BCUT2D eigenvalue weighted by molar-refractivity contribution is 0.454. The number of aryl methyl sites for hydroxylation is 2. The molecule has 2 nitrogen and oxygen atoms in total. The Bertz CT molecular complexity index is 498. The number of nitrogens with two attached hydrogens (primary N) is 1. The highest BCUT2D eigenvalue weighted by Crippen LogP contribution is 2.22. The summed E-state index contributed by atoms with van der Waals surface area (Å²) in [6.45, 7) is 4.29. The van der Waals surface area contributed by atoms with Gasteiger partial charge in [0.05, 0.1) is 6.04 Å². The molecule has 0 fully saturated rings. The molecule has 1 atom stereocenters.